The van der Waals surface area contributed by atoms with Crippen LogP contribution < -0.4 is 16.0 Å². The molecule has 230 valence electrons. The maximum absolute atomic E-state index is 12.5. The third-order valence-electron chi connectivity index (χ3n) is 7.66. The molecule has 41 heavy (non-hydrogen) atoms. The normalized spacial score (nSPS) is 28.0. The number of amides is 2. The van der Waals surface area contributed by atoms with Gasteiger partial charge in [0.2, 0.25) is 11.8 Å². The molecule has 1 saturated heterocycles. The van der Waals surface area contributed by atoms with Crippen LogP contribution in [0.15, 0.2) is 20.0 Å². The van der Waals surface area contributed by atoms with Gasteiger partial charge in [0.25, 0.3) is 0 Å². The number of fused-ring (bicyclic) bond motifs is 1. The van der Waals surface area contributed by atoms with E-state index < -0.39 is 42.5 Å². The molecule has 1 fully saturated rings. The Morgan fingerprint density at radius 1 is 1.00 bits per heavy atom. The number of hydrogen-bond donors (Lipinski definition) is 5. The summed E-state index contributed by atoms with van der Waals surface area (Å²) in [5.41, 5.74) is 0. The third kappa shape index (κ3) is 10.9. The van der Waals surface area contributed by atoms with Crippen LogP contribution in [0.2, 0.25) is 0 Å². The molecule has 5 N–H and O–H groups in total. The first-order chi connectivity index (χ1) is 19.8. The Morgan fingerprint density at radius 3 is 2.34 bits per heavy atom. The number of amidine groups is 2. The number of carbonyl (C=O) groups excluding carboxylic acids is 2. The third-order valence-corrected chi connectivity index (χ3v) is 7.66. The van der Waals surface area contributed by atoms with Gasteiger partial charge in [0.15, 0.2) is 18.1 Å². The fourth-order valence-corrected chi connectivity index (χ4v) is 5.19. The Kier molecular flexibility index (Phi) is 13.8. The van der Waals surface area contributed by atoms with Crippen LogP contribution in [-0.2, 0) is 14.3 Å². The highest BCUT2D eigenvalue weighted by molar-refractivity contribution is 6.21. The highest BCUT2D eigenvalue weighted by Crippen LogP contribution is 2.23. The van der Waals surface area contributed by atoms with Gasteiger partial charge >= 0.3 is 0 Å². The number of unbranched alkanes of at least 4 members (excludes halogenated alkanes) is 9. The average molecular weight is 576 g/mol. The van der Waals surface area contributed by atoms with Gasteiger partial charge < -0.3 is 30.9 Å². The summed E-state index contributed by atoms with van der Waals surface area (Å²) in [4.78, 5) is 41.4. The number of nitrogens with zero attached hydrogens (tertiary/aromatic N) is 4. The zero-order valence-corrected chi connectivity index (χ0v) is 24.8. The average Bonchev–Trinajstić information content (AvgIpc) is 3.43. The first kappa shape index (κ1) is 32.8. The fraction of sp³-hybridized carbons (Fsp3) is 0.793. The van der Waals surface area contributed by atoms with E-state index in [9.17, 15) is 19.8 Å². The summed E-state index contributed by atoms with van der Waals surface area (Å²) in [5.74, 6) is 1.03. The van der Waals surface area contributed by atoms with Gasteiger partial charge in [0.1, 0.15) is 24.4 Å². The molecule has 6 atom stereocenters. The fourth-order valence-electron chi connectivity index (χ4n) is 5.19. The number of nitrogens with one attached hydrogen (secondary N) is 3. The number of aliphatic imine (C=N–C) groups is 4. The minimum atomic E-state index is -1.40. The van der Waals surface area contributed by atoms with Crippen molar-refractivity contribution in [3.63, 3.8) is 0 Å². The lowest BCUT2D eigenvalue weighted by Crippen LogP contribution is -2.63. The maximum atomic E-state index is 12.5. The number of aliphatic hydroxyl groups is 2. The van der Waals surface area contributed by atoms with Crippen LogP contribution in [0.5, 0.6) is 0 Å². The van der Waals surface area contributed by atoms with Crippen molar-refractivity contribution >= 4 is 36.2 Å². The number of rotatable bonds is 17. The van der Waals surface area contributed by atoms with Crippen molar-refractivity contribution in [3.05, 3.63) is 0 Å². The van der Waals surface area contributed by atoms with E-state index in [2.05, 4.69) is 49.8 Å². The van der Waals surface area contributed by atoms with Crippen molar-refractivity contribution in [1.29, 1.82) is 0 Å². The predicted octanol–water partition coefficient (Wildman–Crippen LogP) is 2.23. The van der Waals surface area contributed by atoms with Gasteiger partial charge in [-0.3, -0.25) is 14.6 Å². The molecule has 0 bridgehead atoms. The van der Waals surface area contributed by atoms with E-state index in [1.807, 2.05) is 0 Å². The van der Waals surface area contributed by atoms with Crippen molar-refractivity contribution in [2.45, 2.75) is 134 Å². The number of aliphatic hydroxyl groups excluding tert-OH is 2. The number of hydrogen-bond acceptors (Lipinski definition) is 9. The Hall–Kier alpha value is -2.70. The van der Waals surface area contributed by atoms with Gasteiger partial charge in [0.05, 0.1) is 25.0 Å². The van der Waals surface area contributed by atoms with Crippen LogP contribution in [-0.4, -0.2) is 89.5 Å². The first-order valence-electron chi connectivity index (χ1n) is 15.3. The van der Waals surface area contributed by atoms with Crippen molar-refractivity contribution in [1.82, 2.24) is 16.0 Å². The minimum absolute atomic E-state index is 0.175. The summed E-state index contributed by atoms with van der Waals surface area (Å²) < 4.78 is 5.80. The summed E-state index contributed by atoms with van der Waals surface area (Å²) in [6, 6.07) is -1.38. The first-order valence-corrected chi connectivity index (χ1v) is 15.3. The van der Waals surface area contributed by atoms with Gasteiger partial charge in [-0.2, -0.15) is 0 Å². The zero-order chi connectivity index (χ0) is 29.6. The molecule has 3 rings (SSSR count). The molecule has 0 saturated carbocycles. The number of carbonyl (C=O) groups is 2. The van der Waals surface area contributed by atoms with Gasteiger partial charge in [-0.15, -0.1) is 0 Å². The van der Waals surface area contributed by atoms with Crippen molar-refractivity contribution in [2.24, 2.45) is 25.9 Å². The van der Waals surface area contributed by atoms with E-state index in [1.54, 1.807) is 6.92 Å². The Balaban J connectivity index is 1.26. The quantitative estimate of drug-likeness (QED) is 0.167. The van der Waals surface area contributed by atoms with Crippen LogP contribution in [0.4, 0.5) is 0 Å². The SMILES string of the molecule is CC(C)CCCCCCCCCCCCC(=O)NCC(=O)NC1C(C)OC(/N=C2\N=CNC3=NC=NC32)C(O)C1O. The molecule has 0 spiro atoms. The summed E-state index contributed by atoms with van der Waals surface area (Å²) in [5, 5.41) is 29.5. The molecule has 6 unspecified atom stereocenters. The van der Waals surface area contributed by atoms with E-state index in [0.717, 1.165) is 25.2 Å². The molecule has 0 aromatic carbocycles. The van der Waals surface area contributed by atoms with E-state index >= 15 is 0 Å². The van der Waals surface area contributed by atoms with Crippen molar-refractivity contribution in [3.8, 4) is 0 Å². The van der Waals surface area contributed by atoms with E-state index in [4.69, 9.17) is 4.74 Å². The molecule has 0 aromatic rings. The van der Waals surface area contributed by atoms with E-state index in [0.29, 0.717) is 18.1 Å². The summed E-state index contributed by atoms with van der Waals surface area (Å²) >= 11 is 0. The maximum Gasteiger partial charge on any atom is 0.239 e. The van der Waals surface area contributed by atoms with Crippen molar-refractivity contribution in [2.75, 3.05) is 6.54 Å². The minimum Gasteiger partial charge on any atom is -0.388 e. The van der Waals surface area contributed by atoms with Gasteiger partial charge in [-0.1, -0.05) is 78.1 Å². The van der Waals surface area contributed by atoms with Gasteiger partial charge in [-0.25, -0.2) is 15.0 Å². The monoisotopic (exact) mass is 575 g/mol. The second-order valence-electron chi connectivity index (χ2n) is 11.6. The second-order valence-corrected chi connectivity index (χ2v) is 11.6. The molecule has 3 aliphatic rings. The highest BCUT2D eigenvalue weighted by Gasteiger charge is 2.44. The predicted molar refractivity (Wildman–Crippen MR) is 160 cm³/mol. The van der Waals surface area contributed by atoms with Crippen molar-refractivity contribution < 1.29 is 24.5 Å². The molecule has 0 aliphatic carbocycles. The summed E-state index contributed by atoms with van der Waals surface area (Å²) in [6.45, 7) is 6.02. The lowest BCUT2D eigenvalue weighted by molar-refractivity contribution is -0.178. The summed E-state index contributed by atoms with van der Waals surface area (Å²) in [7, 11) is 0. The Labute approximate surface area is 243 Å². The molecule has 3 heterocycles. The molecular weight excluding hydrogens is 526 g/mol. The molecule has 3 aliphatic heterocycles. The van der Waals surface area contributed by atoms with Crippen LogP contribution in [0, 0.1) is 5.92 Å². The van der Waals surface area contributed by atoms with Gasteiger partial charge in [-0.05, 0) is 19.3 Å². The molecular formula is C29H49N7O5. The molecule has 0 aromatic heterocycles. The number of ether oxygens (including phenoxy) is 1. The second kappa shape index (κ2) is 17.3. The smallest absolute Gasteiger partial charge is 0.239 e. The van der Waals surface area contributed by atoms with E-state index in [-0.39, 0.29) is 12.5 Å². The summed E-state index contributed by atoms with van der Waals surface area (Å²) in [6.07, 6.45) is 12.1. The highest BCUT2D eigenvalue weighted by atomic mass is 16.5. The standard InChI is InChI=1S/C29H49N7O5/c1-19(2)14-12-10-8-6-4-5-7-9-11-13-15-21(37)30-16-22(38)35-23-20(3)41-29(26(40)25(23)39)36-28-24-27(32-17-31-24)33-18-34-28/h17-20,23-26,29,39-40H,4-16H2,1-3H3,(H,30,37)(H,35,38)(H,31,32,33,34,36). The Bertz CT molecular complexity index is 967. The molecule has 2 amide bonds. The van der Waals surface area contributed by atoms with Crippen LogP contribution >= 0.6 is 0 Å². The zero-order valence-electron chi connectivity index (χ0n) is 24.8. The van der Waals surface area contributed by atoms with Crippen LogP contribution in [0.25, 0.3) is 0 Å². The van der Waals surface area contributed by atoms with Gasteiger partial charge in [0, 0.05) is 6.42 Å². The molecule has 12 nitrogen and oxygen atoms in total. The van der Waals surface area contributed by atoms with E-state index in [1.165, 1.54) is 64.0 Å². The lowest BCUT2D eigenvalue weighted by Gasteiger charge is -2.40. The van der Waals surface area contributed by atoms with Crippen LogP contribution in [0.1, 0.15) is 97.8 Å². The molecule has 12 heteroatoms. The lowest BCUT2D eigenvalue weighted by atomic mass is 9.96. The Morgan fingerprint density at radius 2 is 1.66 bits per heavy atom. The van der Waals surface area contributed by atoms with Crippen LogP contribution in [0.3, 0.4) is 0 Å². The topological polar surface area (TPSA) is 169 Å². The molecule has 0 radical (unpaired) electrons. The largest absolute Gasteiger partial charge is 0.388 e.